The van der Waals surface area contributed by atoms with Crippen LogP contribution in [0.25, 0.3) is 33.5 Å². The highest BCUT2D eigenvalue weighted by Gasteiger charge is 2.17. The predicted molar refractivity (Wildman–Crippen MR) is 156 cm³/mol. The van der Waals surface area contributed by atoms with E-state index in [4.69, 9.17) is 18.9 Å². The number of furan rings is 1. The first-order valence-corrected chi connectivity index (χ1v) is 13.1. The second-order valence-corrected chi connectivity index (χ2v) is 9.81. The van der Waals surface area contributed by atoms with Gasteiger partial charge >= 0.3 is 0 Å². The molecule has 0 saturated carbocycles. The highest BCUT2D eigenvalue weighted by Crippen LogP contribution is 2.30. The Balaban J connectivity index is 1.37. The Labute approximate surface area is 236 Å². The molecule has 0 radical (unpaired) electrons. The lowest BCUT2D eigenvalue weighted by Gasteiger charge is -2.12. The molecule has 4 aromatic carbocycles. The molecule has 7 nitrogen and oxygen atoms in total. The van der Waals surface area contributed by atoms with Gasteiger partial charge in [0.05, 0.1) is 24.2 Å². The van der Waals surface area contributed by atoms with E-state index in [2.05, 4.69) is 21.0 Å². The summed E-state index contributed by atoms with van der Waals surface area (Å²) in [4.78, 5) is 18.2. The zero-order valence-electron chi connectivity index (χ0n) is 21.2. The average Bonchev–Trinajstić information content (AvgIpc) is 3.39. The van der Waals surface area contributed by atoms with Crippen LogP contribution in [0.5, 0.6) is 11.5 Å². The van der Waals surface area contributed by atoms with Crippen LogP contribution in [0.2, 0.25) is 0 Å². The van der Waals surface area contributed by atoms with Crippen molar-refractivity contribution in [2.75, 3.05) is 7.11 Å². The van der Waals surface area contributed by atoms with Gasteiger partial charge in [-0.3, -0.25) is 4.79 Å². The summed E-state index contributed by atoms with van der Waals surface area (Å²) < 4.78 is 33.5. The van der Waals surface area contributed by atoms with Gasteiger partial charge in [-0.05, 0) is 66.2 Å². The third-order valence-electron chi connectivity index (χ3n) is 6.30. The van der Waals surface area contributed by atoms with Crippen LogP contribution >= 0.6 is 15.9 Å². The lowest BCUT2D eigenvalue weighted by Crippen LogP contribution is -2.20. The Morgan fingerprint density at radius 3 is 2.67 bits per heavy atom. The number of nitrogens with zero attached hydrogens (tertiary/aromatic N) is 3. The molecule has 0 N–H and O–H groups in total. The molecule has 0 fully saturated rings. The minimum absolute atomic E-state index is 0.0477. The summed E-state index contributed by atoms with van der Waals surface area (Å²) in [6.07, 6.45) is 1.53. The normalized spacial score (nSPS) is 11.5. The fraction of sp³-hybridized carbons (Fsp3) is 0.0645. The number of hydrogen-bond donors (Lipinski definition) is 0. The van der Waals surface area contributed by atoms with E-state index in [1.165, 1.54) is 24.1 Å². The Bertz CT molecular complexity index is 1960. The van der Waals surface area contributed by atoms with Crippen LogP contribution in [0.3, 0.4) is 0 Å². The number of aromatic nitrogens is 2. The van der Waals surface area contributed by atoms with Gasteiger partial charge in [0, 0.05) is 15.4 Å². The van der Waals surface area contributed by atoms with Gasteiger partial charge < -0.3 is 13.9 Å². The standard InChI is InChI=1S/C31H21BrFN3O4/c1-38-28-14-19(10-12-27(28)39-18-20-6-2-4-8-24(20)33)17-34-36-30(35-25-9-5-3-7-23(25)31(36)37)29-16-21-15-22(32)11-13-26(21)40-29/h2-17H,18H2,1H3. The van der Waals surface area contributed by atoms with Crippen molar-refractivity contribution in [3.63, 3.8) is 0 Å². The molecule has 0 unspecified atom stereocenters. The summed E-state index contributed by atoms with van der Waals surface area (Å²) in [6.45, 7) is 0.0477. The van der Waals surface area contributed by atoms with Gasteiger partial charge in [-0.25, -0.2) is 9.37 Å². The van der Waals surface area contributed by atoms with E-state index >= 15 is 0 Å². The van der Waals surface area contributed by atoms with Crippen LogP contribution in [-0.4, -0.2) is 23.0 Å². The number of para-hydroxylation sites is 1. The third kappa shape index (κ3) is 4.99. The second kappa shape index (κ2) is 10.8. The SMILES string of the molecule is COc1cc(C=Nn2c(-c3cc4cc(Br)ccc4o3)nc3ccccc3c2=O)ccc1OCc1ccccc1F. The summed E-state index contributed by atoms with van der Waals surface area (Å²) in [5, 5.41) is 5.79. The van der Waals surface area contributed by atoms with Crippen LogP contribution < -0.4 is 15.0 Å². The molecule has 198 valence electrons. The van der Waals surface area contributed by atoms with Crippen LogP contribution in [0, 0.1) is 5.82 Å². The minimum Gasteiger partial charge on any atom is -0.493 e. The first-order valence-electron chi connectivity index (χ1n) is 12.3. The van der Waals surface area contributed by atoms with Crippen molar-refractivity contribution in [3.8, 4) is 23.1 Å². The molecule has 2 aromatic heterocycles. The molecule has 0 atom stereocenters. The van der Waals surface area contributed by atoms with E-state index in [9.17, 15) is 9.18 Å². The number of halogens is 2. The summed E-state index contributed by atoms with van der Waals surface area (Å²) in [5.74, 6) is 1.22. The van der Waals surface area contributed by atoms with Gasteiger partial charge in [0.1, 0.15) is 18.0 Å². The van der Waals surface area contributed by atoms with Crippen molar-refractivity contribution in [1.82, 2.24) is 9.66 Å². The van der Waals surface area contributed by atoms with Crippen molar-refractivity contribution in [2.24, 2.45) is 5.10 Å². The summed E-state index contributed by atoms with van der Waals surface area (Å²) in [7, 11) is 1.52. The van der Waals surface area contributed by atoms with Gasteiger partial charge in [-0.1, -0.05) is 46.3 Å². The van der Waals surface area contributed by atoms with E-state index < -0.39 is 0 Å². The van der Waals surface area contributed by atoms with Gasteiger partial charge in [-0.15, -0.1) is 0 Å². The number of ether oxygens (including phenoxy) is 2. The molecule has 2 heterocycles. The maximum Gasteiger partial charge on any atom is 0.282 e. The number of rotatable bonds is 7. The minimum atomic E-state index is -0.340. The van der Waals surface area contributed by atoms with E-state index in [0.717, 1.165) is 9.86 Å². The Hall–Kier alpha value is -4.76. The summed E-state index contributed by atoms with van der Waals surface area (Å²) in [6, 6.07) is 26.2. The van der Waals surface area contributed by atoms with Gasteiger partial charge in [-0.2, -0.15) is 9.78 Å². The Morgan fingerprint density at radius 1 is 1.00 bits per heavy atom. The highest BCUT2D eigenvalue weighted by atomic mass is 79.9. The smallest absolute Gasteiger partial charge is 0.282 e. The number of hydrogen-bond acceptors (Lipinski definition) is 6. The number of methoxy groups -OCH3 is 1. The molecule has 9 heteroatoms. The zero-order valence-corrected chi connectivity index (χ0v) is 22.8. The van der Waals surface area contributed by atoms with Gasteiger partial charge in [0.25, 0.3) is 5.56 Å². The molecule has 0 amide bonds. The van der Waals surface area contributed by atoms with Crippen LogP contribution in [0.4, 0.5) is 4.39 Å². The highest BCUT2D eigenvalue weighted by molar-refractivity contribution is 9.10. The molecule has 0 aliphatic heterocycles. The van der Waals surface area contributed by atoms with E-state index in [-0.39, 0.29) is 23.8 Å². The maximum absolute atomic E-state index is 14.0. The topological polar surface area (TPSA) is 78.9 Å². The predicted octanol–water partition coefficient (Wildman–Crippen LogP) is 7.18. The molecule has 40 heavy (non-hydrogen) atoms. The zero-order chi connectivity index (χ0) is 27.6. The molecule has 0 aliphatic carbocycles. The van der Waals surface area contributed by atoms with Crippen LogP contribution in [0.15, 0.2) is 110 Å². The van der Waals surface area contributed by atoms with Crippen LogP contribution in [0.1, 0.15) is 11.1 Å². The maximum atomic E-state index is 14.0. The number of fused-ring (bicyclic) bond motifs is 2. The quantitative estimate of drug-likeness (QED) is 0.182. The molecular weight excluding hydrogens is 577 g/mol. The van der Waals surface area contributed by atoms with E-state index in [1.807, 2.05) is 30.3 Å². The third-order valence-corrected chi connectivity index (χ3v) is 6.80. The Morgan fingerprint density at radius 2 is 1.82 bits per heavy atom. The lowest BCUT2D eigenvalue weighted by molar-refractivity contribution is 0.279. The first-order chi connectivity index (χ1) is 19.5. The van der Waals surface area contributed by atoms with Crippen molar-refractivity contribution in [1.29, 1.82) is 0 Å². The monoisotopic (exact) mass is 597 g/mol. The van der Waals surface area contributed by atoms with Crippen molar-refractivity contribution >= 4 is 44.0 Å². The first kappa shape index (κ1) is 25.5. The molecule has 0 saturated heterocycles. The van der Waals surface area contributed by atoms with Crippen molar-refractivity contribution < 1.29 is 18.3 Å². The van der Waals surface area contributed by atoms with Gasteiger partial charge in [0.15, 0.2) is 17.3 Å². The summed E-state index contributed by atoms with van der Waals surface area (Å²) >= 11 is 3.48. The molecule has 6 rings (SSSR count). The number of benzene rings is 4. The molecule has 0 aliphatic rings. The average molecular weight is 598 g/mol. The molecular formula is C31H21BrFN3O4. The molecule has 6 aromatic rings. The lowest BCUT2D eigenvalue weighted by atomic mass is 10.2. The molecule has 0 spiro atoms. The van der Waals surface area contributed by atoms with Crippen molar-refractivity contribution in [3.05, 3.63) is 123 Å². The van der Waals surface area contributed by atoms with Gasteiger partial charge in [0.2, 0.25) is 5.82 Å². The molecule has 0 bridgehead atoms. The van der Waals surface area contributed by atoms with Crippen LogP contribution in [-0.2, 0) is 6.61 Å². The largest absolute Gasteiger partial charge is 0.493 e. The fourth-order valence-corrected chi connectivity index (χ4v) is 4.67. The Kier molecular flexibility index (Phi) is 6.88. The van der Waals surface area contributed by atoms with Crippen molar-refractivity contribution in [2.45, 2.75) is 6.61 Å². The van der Waals surface area contributed by atoms with E-state index in [0.29, 0.717) is 44.9 Å². The fourth-order valence-electron chi connectivity index (χ4n) is 4.29. The summed E-state index contributed by atoms with van der Waals surface area (Å²) in [5.41, 5.74) is 1.94. The van der Waals surface area contributed by atoms with E-state index in [1.54, 1.807) is 54.6 Å². The second-order valence-electron chi connectivity index (χ2n) is 8.90.